The van der Waals surface area contributed by atoms with Gasteiger partial charge in [-0.3, -0.25) is 0 Å². The molecule has 0 saturated heterocycles. The van der Waals surface area contributed by atoms with E-state index in [1.807, 2.05) is 0 Å². The summed E-state index contributed by atoms with van der Waals surface area (Å²) >= 11 is -0.329. The predicted molar refractivity (Wildman–Crippen MR) is 56.0 cm³/mol. The molecule has 8 heteroatoms. The summed E-state index contributed by atoms with van der Waals surface area (Å²) in [5.41, 5.74) is 1.04. The molecule has 2 N–H and O–H groups in total. The fourth-order valence-corrected chi connectivity index (χ4v) is 1.82. The molecule has 0 bridgehead atoms. The number of alkyl halides is 6. The molecule has 0 spiro atoms. The van der Waals surface area contributed by atoms with Gasteiger partial charge in [-0.2, -0.15) is 26.3 Å². The first kappa shape index (κ1) is 15.2. The number of hydrogen-bond donors (Lipinski definition) is 1. The summed E-state index contributed by atoms with van der Waals surface area (Å²) in [5, 5.41) is 0. The van der Waals surface area contributed by atoms with Gasteiger partial charge in [0.25, 0.3) is 0 Å². The van der Waals surface area contributed by atoms with Crippen LogP contribution in [0.1, 0.15) is 18.0 Å². The number of thioether (sulfide) groups is 1. The summed E-state index contributed by atoms with van der Waals surface area (Å²) in [4.78, 5) is -0.0922. The highest BCUT2D eigenvalue weighted by Crippen LogP contribution is 2.37. The highest BCUT2D eigenvalue weighted by Gasteiger charge is 2.31. The first-order valence-corrected chi connectivity index (χ1v) is 5.56. The number of benzene rings is 1. The van der Waals surface area contributed by atoms with E-state index in [-0.39, 0.29) is 22.2 Å². The molecule has 0 saturated carbocycles. The van der Waals surface area contributed by atoms with Crippen LogP contribution in [-0.2, 0) is 0 Å². The van der Waals surface area contributed by atoms with E-state index in [1.165, 1.54) is 12.1 Å². The Bertz CT molecular complexity index is 383. The maximum atomic E-state index is 12.1. The van der Waals surface area contributed by atoms with E-state index in [9.17, 15) is 26.3 Å². The van der Waals surface area contributed by atoms with E-state index in [4.69, 9.17) is 5.73 Å². The Morgan fingerprint density at radius 2 is 1.50 bits per heavy atom. The van der Waals surface area contributed by atoms with Crippen LogP contribution in [0.5, 0.6) is 0 Å². The first-order valence-electron chi connectivity index (χ1n) is 4.75. The summed E-state index contributed by atoms with van der Waals surface area (Å²) in [5.74, 6) is 0. The molecule has 0 heterocycles. The zero-order valence-corrected chi connectivity index (χ0v) is 9.66. The Hall–Kier alpha value is -0.890. The molecular weight excluding hydrogens is 280 g/mol. The molecule has 0 amide bonds. The van der Waals surface area contributed by atoms with E-state index in [0.717, 1.165) is 12.1 Å². The molecule has 0 aliphatic rings. The molecule has 0 unspecified atom stereocenters. The average molecular weight is 289 g/mol. The molecule has 0 radical (unpaired) electrons. The molecule has 0 fully saturated rings. The highest BCUT2D eigenvalue weighted by atomic mass is 32.2. The molecule has 0 aliphatic carbocycles. The Morgan fingerprint density at radius 3 is 1.89 bits per heavy atom. The van der Waals surface area contributed by atoms with Crippen LogP contribution >= 0.6 is 11.8 Å². The van der Waals surface area contributed by atoms with Crippen molar-refractivity contribution in [3.05, 3.63) is 29.8 Å². The van der Waals surface area contributed by atoms with Crippen molar-refractivity contribution in [3.8, 4) is 0 Å². The van der Waals surface area contributed by atoms with Gasteiger partial charge in [-0.25, -0.2) is 0 Å². The Labute approximate surface area is 103 Å². The maximum absolute atomic E-state index is 12.1. The number of hydrogen-bond acceptors (Lipinski definition) is 2. The lowest BCUT2D eigenvalue weighted by Gasteiger charge is -2.14. The van der Waals surface area contributed by atoms with E-state index in [0.29, 0.717) is 0 Å². The summed E-state index contributed by atoms with van der Waals surface area (Å²) in [6.45, 7) is 0. The zero-order chi connectivity index (χ0) is 14.0. The summed E-state index contributed by atoms with van der Waals surface area (Å²) < 4.78 is 72.2. The third-order valence-electron chi connectivity index (χ3n) is 1.99. The summed E-state index contributed by atoms with van der Waals surface area (Å²) in [6, 6.07) is 3.28. The van der Waals surface area contributed by atoms with Crippen molar-refractivity contribution in [1.82, 2.24) is 0 Å². The minimum atomic E-state index is -4.42. The van der Waals surface area contributed by atoms with Crippen LogP contribution in [0.3, 0.4) is 0 Å². The smallest absolute Gasteiger partial charge is 0.324 e. The van der Waals surface area contributed by atoms with Crippen molar-refractivity contribution in [3.63, 3.8) is 0 Å². The van der Waals surface area contributed by atoms with E-state index < -0.39 is 24.1 Å². The molecule has 0 aromatic heterocycles. The second kappa shape index (κ2) is 5.40. The van der Waals surface area contributed by atoms with Crippen molar-refractivity contribution in [2.45, 2.75) is 29.0 Å². The van der Waals surface area contributed by atoms with Gasteiger partial charge in [-0.1, -0.05) is 12.1 Å². The van der Waals surface area contributed by atoms with Crippen molar-refractivity contribution < 1.29 is 26.3 Å². The SMILES string of the molecule is N[C@@H](CC(F)(F)F)c1ccc(SC(F)(F)F)cc1. The van der Waals surface area contributed by atoms with Crippen LogP contribution in [0.25, 0.3) is 0 Å². The number of halogens is 6. The molecule has 1 aromatic rings. The van der Waals surface area contributed by atoms with Gasteiger partial charge in [0.05, 0.1) is 6.42 Å². The summed E-state index contributed by atoms with van der Waals surface area (Å²) in [7, 11) is 0. The van der Waals surface area contributed by atoms with Gasteiger partial charge in [-0.15, -0.1) is 0 Å². The van der Waals surface area contributed by atoms with Crippen molar-refractivity contribution >= 4 is 11.8 Å². The summed E-state index contributed by atoms with van der Waals surface area (Å²) in [6.07, 6.45) is -5.61. The van der Waals surface area contributed by atoms with E-state index in [1.54, 1.807) is 0 Å². The Kier molecular flexibility index (Phi) is 4.55. The number of nitrogens with two attached hydrogens (primary N) is 1. The van der Waals surface area contributed by atoms with Crippen molar-refractivity contribution in [2.75, 3.05) is 0 Å². The minimum absolute atomic E-state index is 0.0922. The van der Waals surface area contributed by atoms with Crippen LogP contribution in [0.4, 0.5) is 26.3 Å². The highest BCUT2D eigenvalue weighted by molar-refractivity contribution is 8.00. The van der Waals surface area contributed by atoms with Crippen LogP contribution in [-0.4, -0.2) is 11.7 Å². The molecule has 18 heavy (non-hydrogen) atoms. The van der Waals surface area contributed by atoms with Gasteiger partial charge in [0.1, 0.15) is 0 Å². The molecular formula is C10H9F6NS. The quantitative estimate of drug-likeness (QED) is 0.665. The lowest BCUT2D eigenvalue weighted by atomic mass is 10.0. The fraction of sp³-hybridized carbons (Fsp3) is 0.400. The van der Waals surface area contributed by atoms with Gasteiger partial charge in [-0.05, 0) is 29.5 Å². The second-order valence-electron chi connectivity index (χ2n) is 3.54. The van der Waals surface area contributed by atoms with Crippen LogP contribution < -0.4 is 5.73 Å². The van der Waals surface area contributed by atoms with Crippen LogP contribution in [0.15, 0.2) is 29.2 Å². The standard InChI is InChI=1S/C10H9F6NS/c11-9(12,13)5-8(17)6-1-3-7(4-2-6)18-10(14,15)16/h1-4,8H,5,17H2/t8-/m0/s1. The van der Waals surface area contributed by atoms with Gasteiger partial charge >= 0.3 is 11.7 Å². The fourth-order valence-electron chi connectivity index (χ4n) is 1.28. The molecule has 1 rings (SSSR count). The lowest BCUT2D eigenvalue weighted by molar-refractivity contribution is -0.138. The van der Waals surface area contributed by atoms with E-state index >= 15 is 0 Å². The Balaban J connectivity index is 2.71. The van der Waals surface area contributed by atoms with Gasteiger partial charge in [0.15, 0.2) is 0 Å². The zero-order valence-electron chi connectivity index (χ0n) is 8.85. The lowest BCUT2D eigenvalue weighted by Crippen LogP contribution is -2.20. The van der Waals surface area contributed by atoms with Gasteiger partial charge in [0.2, 0.25) is 0 Å². The topological polar surface area (TPSA) is 26.0 Å². The largest absolute Gasteiger partial charge is 0.446 e. The second-order valence-corrected chi connectivity index (χ2v) is 4.68. The van der Waals surface area contributed by atoms with Crippen LogP contribution in [0.2, 0.25) is 0 Å². The first-order chi connectivity index (χ1) is 8.07. The third kappa shape index (κ3) is 5.63. The molecule has 1 nitrogen and oxygen atoms in total. The molecule has 0 aliphatic heterocycles. The van der Waals surface area contributed by atoms with Gasteiger partial charge < -0.3 is 5.73 Å². The van der Waals surface area contributed by atoms with Crippen molar-refractivity contribution in [2.24, 2.45) is 5.73 Å². The normalized spacial score (nSPS) is 14.6. The maximum Gasteiger partial charge on any atom is 0.446 e. The van der Waals surface area contributed by atoms with E-state index in [2.05, 4.69) is 0 Å². The molecule has 1 atom stereocenters. The number of rotatable bonds is 3. The average Bonchev–Trinajstić information content (AvgIpc) is 2.13. The van der Waals surface area contributed by atoms with Crippen molar-refractivity contribution in [1.29, 1.82) is 0 Å². The Morgan fingerprint density at radius 1 is 1.00 bits per heavy atom. The monoisotopic (exact) mass is 289 g/mol. The molecule has 102 valence electrons. The predicted octanol–water partition coefficient (Wildman–Crippen LogP) is 4.25. The third-order valence-corrected chi connectivity index (χ3v) is 2.73. The van der Waals surface area contributed by atoms with Gasteiger partial charge in [0, 0.05) is 10.9 Å². The minimum Gasteiger partial charge on any atom is -0.324 e. The van der Waals surface area contributed by atoms with Crippen LogP contribution in [0, 0.1) is 0 Å². The molecule has 1 aromatic carbocycles.